The largest absolute Gasteiger partial charge is 0.309 e. The molecule has 0 aliphatic rings. The monoisotopic (exact) mass is 285 g/mol. The van der Waals surface area contributed by atoms with Crippen molar-refractivity contribution in [1.29, 1.82) is 0 Å². The number of nitrogens with one attached hydrogen (secondary N) is 1. The van der Waals surface area contributed by atoms with Crippen LogP contribution in [0.1, 0.15) is 44.4 Å². The third-order valence-electron chi connectivity index (χ3n) is 4.04. The lowest BCUT2D eigenvalue weighted by Gasteiger charge is -2.36. The standard InChI is InChI=1S/C19H24FN/c1-4-14-21-18(15-8-6-5-7-9-15)19(2,3)16-10-12-17(20)13-11-16/h5-13,18,21H,4,14H2,1-3H3. The summed E-state index contributed by atoms with van der Waals surface area (Å²) in [5.41, 5.74) is 2.28. The fourth-order valence-corrected chi connectivity index (χ4v) is 2.77. The molecule has 0 aromatic heterocycles. The van der Waals surface area contributed by atoms with Crippen molar-refractivity contribution in [2.24, 2.45) is 0 Å². The zero-order valence-electron chi connectivity index (χ0n) is 13.1. The van der Waals surface area contributed by atoms with Crippen LogP contribution in [0.3, 0.4) is 0 Å². The number of hydrogen-bond donors (Lipinski definition) is 1. The van der Waals surface area contributed by atoms with E-state index < -0.39 is 0 Å². The molecule has 112 valence electrons. The molecule has 0 heterocycles. The fourth-order valence-electron chi connectivity index (χ4n) is 2.77. The summed E-state index contributed by atoms with van der Waals surface area (Å²) in [6.45, 7) is 7.55. The van der Waals surface area contributed by atoms with Crippen LogP contribution >= 0.6 is 0 Å². The normalized spacial score (nSPS) is 13.1. The molecule has 0 bridgehead atoms. The molecule has 2 rings (SSSR count). The van der Waals surface area contributed by atoms with Gasteiger partial charge in [0.05, 0.1) is 0 Å². The molecule has 0 radical (unpaired) electrons. The fraction of sp³-hybridized carbons (Fsp3) is 0.368. The van der Waals surface area contributed by atoms with Crippen LogP contribution in [0.4, 0.5) is 4.39 Å². The molecule has 1 nitrogen and oxygen atoms in total. The van der Waals surface area contributed by atoms with Gasteiger partial charge in [0.25, 0.3) is 0 Å². The predicted octanol–water partition coefficient (Wildman–Crippen LogP) is 4.84. The summed E-state index contributed by atoms with van der Waals surface area (Å²) in [4.78, 5) is 0. The predicted molar refractivity (Wildman–Crippen MR) is 86.9 cm³/mol. The van der Waals surface area contributed by atoms with E-state index in [1.807, 2.05) is 18.2 Å². The second-order valence-electron chi connectivity index (χ2n) is 6.03. The lowest BCUT2D eigenvalue weighted by Crippen LogP contribution is -2.37. The minimum Gasteiger partial charge on any atom is -0.309 e. The average Bonchev–Trinajstić information content (AvgIpc) is 2.49. The maximum absolute atomic E-state index is 13.2. The highest BCUT2D eigenvalue weighted by molar-refractivity contribution is 5.32. The summed E-state index contributed by atoms with van der Waals surface area (Å²) in [5.74, 6) is -0.188. The molecule has 0 aliphatic heterocycles. The Hall–Kier alpha value is -1.67. The Labute approximate surface area is 127 Å². The minimum absolute atomic E-state index is 0.121. The first-order chi connectivity index (χ1) is 10.1. The average molecular weight is 285 g/mol. The lowest BCUT2D eigenvalue weighted by molar-refractivity contribution is 0.348. The van der Waals surface area contributed by atoms with Crippen LogP contribution in [-0.2, 0) is 5.41 Å². The molecular weight excluding hydrogens is 261 g/mol. The zero-order chi connectivity index (χ0) is 15.3. The SMILES string of the molecule is CCCNC(c1ccccc1)C(C)(C)c1ccc(F)cc1. The van der Waals surface area contributed by atoms with E-state index in [4.69, 9.17) is 0 Å². The highest BCUT2D eigenvalue weighted by atomic mass is 19.1. The van der Waals surface area contributed by atoms with Crippen molar-refractivity contribution in [3.8, 4) is 0 Å². The molecule has 0 spiro atoms. The van der Waals surface area contributed by atoms with Crippen molar-refractivity contribution < 1.29 is 4.39 Å². The quantitative estimate of drug-likeness (QED) is 0.800. The maximum Gasteiger partial charge on any atom is 0.123 e. The molecule has 0 saturated heterocycles. The number of halogens is 1. The van der Waals surface area contributed by atoms with Gasteiger partial charge >= 0.3 is 0 Å². The maximum atomic E-state index is 13.2. The van der Waals surface area contributed by atoms with Crippen molar-refractivity contribution in [2.45, 2.75) is 38.6 Å². The molecule has 2 aromatic carbocycles. The van der Waals surface area contributed by atoms with E-state index in [2.05, 4.69) is 50.4 Å². The third kappa shape index (κ3) is 3.70. The van der Waals surface area contributed by atoms with E-state index in [0.29, 0.717) is 0 Å². The summed E-state index contributed by atoms with van der Waals surface area (Å²) in [6.07, 6.45) is 1.09. The summed E-state index contributed by atoms with van der Waals surface area (Å²) in [5, 5.41) is 3.65. The number of benzene rings is 2. The van der Waals surface area contributed by atoms with Crippen molar-refractivity contribution in [3.63, 3.8) is 0 Å². The summed E-state index contributed by atoms with van der Waals surface area (Å²) in [7, 11) is 0. The van der Waals surface area contributed by atoms with Gasteiger partial charge in [0, 0.05) is 11.5 Å². The Morgan fingerprint density at radius 2 is 1.62 bits per heavy atom. The molecule has 0 fully saturated rings. The summed E-state index contributed by atoms with van der Waals surface area (Å²) in [6, 6.07) is 17.5. The van der Waals surface area contributed by atoms with E-state index in [0.717, 1.165) is 18.5 Å². The molecule has 0 aliphatic carbocycles. The van der Waals surface area contributed by atoms with Gasteiger partial charge in [-0.1, -0.05) is 63.2 Å². The van der Waals surface area contributed by atoms with Gasteiger partial charge in [-0.25, -0.2) is 4.39 Å². The van der Waals surface area contributed by atoms with Crippen LogP contribution in [0.5, 0.6) is 0 Å². The van der Waals surface area contributed by atoms with E-state index in [1.165, 1.54) is 5.56 Å². The topological polar surface area (TPSA) is 12.0 Å². The highest BCUT2D eigenvalue weighted by Gasteiger charge is 2.32. The smallest absolute Gasteiger partial charge is 0.123 e. The lowest BCUT2D eigenvalue weighted by atomic mass is 9.75. The number of rotatable bonds is 6. The van der Waals surface area contributed by atoms with Crippen LogP contribution in [0.25, 0.3) is 0 Å². The Balaban J connectivity index is 2.36. The van der Waals surface area contributed by atoms with E-state index in [-0.39, 0.29) is 17.3 Å². The summed E-state index contributed by atoms with van der Waals surface area (Å²) < 4.78 is 13.2. The van der Waals surface area contributed by atoms with E-state index in [1.54, 1.807) is 12.1 Å². The van der Waals surface area contributed by atoms with Gasteiger partial charge in [0.15, 0.2) is 0 Å². The molecule has 0 amide bonds. The third-order valence-corrected chi connectivity index (χ3v) is 4.04. The number of hydrogen-bond acceptors (Lipinski definition) is 1. The molecule has 21 heavy (non-hydrogen) atoms. The minimum atomic E-state index is -0.188. The first-order valence-corrected chi connectivity index (χ1v) is 7.60. The first-order valence-electron chi connectivity index (χ1n) is 7.60. The van der Waals surface area contributed by atoms with Gasteiger partial charge in [0.2, 0.25) is 0 Å². The Morgan fingerprint density at radius 1 is 1.00 bits per heavy atom. The Bertz CT molecular complexity index is 546. The van der Waals surface area contributed by atoms with Crippen molar-refractivity contribution in [3.05, 3.63) is 71.5 Å². The molecule has 2 heteroatoms. The van der Waals surface area contributed by atoms with E-state index in [9.17, 15) is 4.39 Å². The van der Waals surface area contributed by atoms with Gasteiger partial charge in [0.1, 0.15) is 5.82 Å². The summed E-state index contributed by atoms with van der Waals surface area (Å²) >= 11 is 0. The van der Waals surface area contributed by atoms with E-state index >= 15 is 0 Å². The van der Waals surface area contributed by atoms with Gasteiger partial charge in [-0.2, -0.15) is 0 Å². The molecular formula is C19H24FN. The Morgan fingerprint density at radius 3 is 2.19 bits per heavy atom. The molecule has 1 atom stereocenters. The van der Waals surface area contributed by atoms with Crippen molar-refractivity contribution in [1.82, 2.24) is 5.32 Å². The zero-order valence-corrected chi connectivity index (χ0v) is 13.1. The van der Waals surface area contributed by atoms with Crippen molar-refractivity contribution in [2.75, 3.05) is 6.54 Å². The van der Waals surface area contributed by atoms with Crippen molar-refractivity contribution >= 4 is 0 Å². The molecule has 0 saturated carbocycles. The van der Waals surface area contributed by atoms with Gasteiger partial charge in [-0.3, -0.25) is 0 Å². The van der Waals surface area contributed by atoms with Crippen LogP contribution in [-0.4, -0.2) is 6.54 Å². The first kappa shape index (κ1) is 15.7. The van der Waals surface area contributed by atoms with Crippen LogP contribution < -0.4 is 5.32 Å². The second-order valence-corrected chi connectivity index (χ2v) is 6.03. The molecule has 1 unspecified atom stereocenters. The molecule has 2 aromatic rings. The Kier molecular flexibility index (Phi) is 5.13. The second kappa shape index (κ2) is 6.86. The van der Waals surface area contributed by atoms with Crippen LogP contribution in [0, 0.1) is 5.82 Å². The molecule has 1 N–H and O–H groups in total. The van der Waals surface area contributed by atoms with Gasteiger partial charge < -0.3 is 5.32 Å². The van der Waals surface area contributed by atoms with Crippen LogP contribution in [0.2, 0.25) is 0 Å². The van der Waals surface area contributed by atoms with Gasteiger partial charge in [-0.15, -0.1) is 0 Å². The highest BCUT2D eigenvalue weighted by Crippen LogP contribution is 2.36. The van der Waals surface area contributed by atoms with Gasteiger partial charge in [-0.05, 0) is 36.2 Å². The van der Waals surface area contributed by atoms with Crippen LogP contribution in [0.15, 0.2) is 54.6 Å².